The van der Waals surface area contributed by atoms with E-state index < -0.39 is 0 Å². The van der Waals surface area contributed by atoms with Gasteiger partial charge in [0.05, 0.1) is 5.56 Å². The first-order valence-electron chi connectivity index (χ1n) is 6.99. The topological polar surface area (TPSA) is 43.4 Å². The fourth-order valence-corrected chi connectivity index (χ4v) is 2.58. The SMILES string of the molecule is CCC(=O)C1CCC(OC(=O)c2ccccc2)CC1. The first-order chi connectivity index (χ1) is 9.20. The van der Waals surface area contributed by atoms with Gasteiger partial charge >= 0.3 is 5.97 Å². The minimum Gasteiger partial charge on any atom is -0.459 e. The molecule has 0 bridgehead atoms. The molecule has 1 saturated carbocycles. The molecule has 0 N–H and O–H groups in total. The lowest BCUT2D eigenvalue weighted by atomic mass is 9.84. The number of Topliss-reactive ketones (excluding diaryl/α,β-unsaturated/α-hetero) is 1. The van der Waals surface area contributed by atoms with Crippen LogP contribution in [0.4, 0.5) is 0 Å². The molecule has 3 heteroatoms. The highest BCUT2D eigenvalue weighted by Crippen LogP contribution is 2.28. The molecule has 0 spiro atoms. The molecule has 0 amide bonds. The first-order valence-corrected chi connectivity index (χ1v) is 6.99. The maximum absolute atomic E-state index is 11.9. The van der Waals surface area contributed by atoms with E-state index in [-0.39, 0.29) is 18.0 Å². The summed E-state index contributed by atoms with van der Waals surface area (Å²) in [5, 5.41) is 0. The van der Waals surface area contributed by atoms with Crippen molar-refractivity contribution < 1.29 is 14.3 Å². The number of hydrogen-bond acceptors (Lipinski definition) is 3. The van der Waals surface area contributed by atoms with Crippen LogP contribution in [-0.2, 0) is 9.53 Å². The summed E-state index contributed by atoms with van der Waals surface area (Å²) in [6.45, 7) is 1.91. The van der Waals surface area contributed by atoms with Gasteiger partial charge < -0.3 is 4.74 Å². The normalized spacial score (nSPS) is 22.8. The molecule has 0 atom stereocenters. The Kier molecular flexibility index (Phi) is 4.72. The van der Waals surface area contributed by atoms with Gasteiger partial charge in [0, 0.05) is 12.3 Å². The summed E-state index contributed by atoms with van der Waals surface area (Å²) in [6, 6.07) is 9.04. The van der Waals surface area contributed by atoms with Crippen LogP contribution in [0.25, 0.3) is 0 Å². The lowest BCUT2D eigenvalue weighted by Gasteiger charge is -2.27. The van der Waals surface area contributed by atoms with E-state index in [1.807, 2.05) is 25.1 Å². The maximum atomic E-state index is 11.9. The second-order valence-corrected chi connectivity index (χ2v) is 5.06. The van der Waals surface area contributed by atoms with Gasteiger partial charge in [-0.2, -0.15) is 0 Å². The van der Waals surface area contributed by atoms with Gasteiger partial charge in [-0.15, -0.1) is 0 Å². The highest BCUT2D eigenvalue weighted by Gasteiger charge is 2.27. The van der Waals surface area contributed by atoms with Crippen LogP contribution >= 0.6 is 0 Å². The molecule has 1 aromatic carbocycles. The highest BCUT2D eigenvalue weighted by molar-refractivity contribution is 5.89. The van der Waals surface area contributed by atoms with E-state index in [1.54, 1.807) is 12.1 Å². The number of rotatable bonds is 4. The number of esters is 1. The van der Waals surface area contributed by atoms with Crippen molar-refractivity contribution in [3.05, 3.63) is 35.9 Å². The predicted molar refractivity (Wildman–Crippen MR) is 72.9 cm³/mol. The van der Waals surface area contributed by atoms with Crippen LogP contribution in [-0.4, -0.2) is 17.9 Å². The predicted octanol–water partition coefficient (Wildman–Crippen LogP) is 3.38. The van der Waals surface area contributed by atoms with Crippen LogP contribution in [0.2, 0.25) is 0 Å². The minimum atomic E-state index is -0.258. The number of hydrogen-bond donors (Lipinski definition) is 0. The second-order valence-electron chi connectivity index (χ2n) is 5.06. The van der Waals surface area contributed by atoms with Crippen molar-refractivity contribution in [2.24, 2.45) is 5.92 Å². The van der Waals surface area contributed by atoms with E-state index >= 15 is 0 Å². The van der Waals surface area contributed by atoms with Gasteiger partial charge in [0.2, 0.25) is 0 Å². The van der Waals surface area contributed by atoms with E-state index in [1.165, 1.54) is 0 Å². The monoisotopic (exact) mass is 260 g/mol. The molecule has 0 radical (unpaired) electrons. The van der Waals surface area contributed by atoms with Gasteiger partial charge in [0.25, 0.3) is 0 Å². The fraction of sp³-hybridized carbons (Fsp3) is 0.500. The maximum Gasteiger partial charge on any atom is 0.338 e. The zero-order valence-corrected chi connectivity index (χ0v) is 11.3. The summed E-state index contributed by atoms with van der Waals surface area (Å²) < 4.78 is 5.49. The number of benzene rings is 1. The lowest BCUT2D eigenvalue weighted by molar-refractivity contribution is -0.124. The summed E-state index contributed by atoms with van der Waals surface area (Å²) in [7, 11) is 0. The molecular weight excluding hydrogens is 240 g/mol. The Balaban J connectivity index is 1.83. The first kappa shape index (κ1) is 13.8. The van der Waals surface area contributed by atoms with Crippen molar-refractivity contribution in [3.63, 3.8) is 0 Å². The van der Waals surface area contributed by atoms with Gasteiger partial charge in [-0.25, -0.2) is 4.79 Å². The Hall–Kier alpha value is -1.64. The van der Waals surface area contributed by atoms with E-state index in [2.05, 4.69) is 0 Å². The molecule has 19 heavy (non-hydrogen) atoms. The average Bonchev–Trinajstić information content (AvgIpc) is 2.48. The van der Waals surface area contributed by atoms with Crippen LogP contribution in [0.5, 0.6) is 0 Å². The van der Waals surface area contributed by atoms with Gasteiger partial charge in [-0.05, 0) is 37.8 Å². The van der Waals surface area contributed by atoms with Crippen LogP contribution in [0.1, 0.15) is 49.4 Å². The number of ketones is 1. The molecule has 2 rings (SSSR count). The number of ether oxygens (including phenoxy) is 1. The summed E-state index contributed by atoms with van der Waals surface area (Å²) in [6.07, 6.45) is 3.87. The van der Waals surface area contributed by atoms with Crippen molar-refractivity contribution in [2.75, 3.05) is 0 Å². The van der Waals surface area contributed by atoms with E-state index in [4.69, 9.17) is 4.74 Å². The molecule has 1 aromatic rings. The van der Waals surface area contributed by atoms with Crippen LogP contribution in [0, 0.1) is 5.92 Å². The second kappa shape index (κ2) is 6.50. The van der Waals surface area contributed by atoms with Crippen LogP contribution in [0.3, 0.4) is 0 Å². The molecule has 0 unspecified atom stereocenters. The van der Waals surface area contributed by atoms with Gasteiger partial charge in [-0.3, -0.25) is 4.79 Å². The zero-order chi connectivity index (χ0) is 13.7. The third kappa shape index (κ3) is 3.66. The summed E-state index contributed by atoms with van der Waals surface area (Å²) in [5.41, 5.74) is 0.592. The molecule has 1 aliphatic carbocycles. The third-order valence-corrected chi connectivity index (χ3v) is 3.76. The Morgan fingerprint density at radius 2 is 1.74 bits per heavy atom. The zero-order valence-electron chi connectivity index (χ0n) is 11.3. The van der Waals surface area contributed by atoms with E-state index in [9.17, 15) is 9.59 Å². The van der Waals surface area contributed by atoms with Gasteiger partial charge in [-0.1, -0.05) is 25.1 Å². The van der Waals surface area contributed by atoms with E-state index in [0.29, 0.717) is 17.8 Å². The standard InChI is InChI=1S/C16H20O3/c1-2-15(17)12-8-10-14(11-9-12)19-16(18)13-6-4-3-5-7-13/h3-7,12,14H,2,8-11H2,1H3. The Labute approximate surface area is 114 Å². The Morgan fingerprint density at radius 1 is 1.11 bits per heavy atom. The lowest BCUT2D eigenvalue weighted by Crippen LogP contribution is -2.27. The third-order valence-electron chi connectivity index (χ3n) is 3.76. The molecule has 1 aliphatic rings. The molecule has 0 aliphatic heterocycles. The van der Waals surface area contributed by atoms with E-state index in [0.717, 1.165) is 25.7 Å². The summed E-state index contributed by atoms with van der Waals surface area (Å²) in [5.74, 6) is 0.260. The van der Waals surface area contributed by atoms with Crippen molar-refractivity contribution in [3.8, 4) is 0 Å². The average molecular weight is 260 g/mol. The van der Waals surface area contributed by atoms with Crippen molar-refractivity contribution >= 4 is 11.8 Å². The molecule has 0 saturated heterocycles. The van der Waals surface area contributed by atoms with Crippen LogP contribution in [0.15, 0.2) is 30.3 Å². The van der Waals surface area contributed by atoms with Gasteiger partial charge in [0.15, 0.2) is 0 Å². The largest absolute Gasteiger partial charge is 0.459 e. The number of carbonyl (C=O) groups is 2. The molecule has 3 nitrogen and oxygen atoms in total. The highest BCUT2D eigenvalue weighted by atomic mass is 16.5. The molecular formula is C16H20O3. The molecule has 1 fully saturated rings. The van der Waals surface area contributed by atoms with Crippen molar-refractivity contribution in [1.29, 1.82) is 0 Å². The summed E-state index contributed by atoms with van der Waals surface area (Å²) >= 11 is 0. The van der Waals surface area contributed by atoms with Crippen molar-refractivity contribution in [2.45, 2.75) is 45.1 Å². The number of carbonyl (C=O) groups excluding carboxylic acids is 2. The smallest absolute Gasteiger partial charge is 0.338 e. The van der Waals surface area contributed by atoms with Gasteiger partial charge in [0.1, 0.15) is 11.9 Å². The molecule has 102 valence electrons. The molecule has 0 heterocycles. The Bertz CT molecular complexity index is 431. The Morgan fingerprint density at radius 3 is 2.32 bits per heavy atom. The summed E-state index contributed by atoms with van der Waals surface area (Å²) in [4.78, 5) is 23.5. The molecule has 0 aromatic heterocycles. The fourth-order valence-electron chi connectivity index (χ4n) is 2.58. The quantitative estimate of drug-likeness (QED) is 0.779. The van der Waals surface area contributed by atoms with Crippen LogP contribution < -0.4 is 0 Å². The minimum absolute atomic E-state index is 0.0337. The van der Waals surface area contributed by atoms with Crippen molar-refractivity contribution in [1.82, 2.24) is 0 Å².